The SMILES string of the molecule is CCn1c2ccccc2c2cc(CN(C(=O)c3ccccc3C)C3CCCc4ccccc43)ccc21. The monoisotopic (exact) mass is 472 g/mol. The number of hydrogen-bond acceptors (Lipinski definition) is 1. The average Bonchev–Trinajstić information content (AvgIpc) is 3.24. The molecule has 0 spiro atoms. The van der Waals surface area contributed by atoms with Gasteiger partial charge in [0.05, 0.1) is 6.04 Å². The van der Waals surface area contributed by atoms with Crippen LogP contribution in [0.2, 0.25) is 0 Å². The average molecular weight is 473 g/mol. The molecule has 1 aliphatic rings. The molecule has 1 atom stereocenters. The zero-order valence-corrected chi connectivity index (χ0v) is 21.1. The van der Waals surface area contributed by atoms with Crippen molar-refractivity contribution in [2.24, 2.45) is 0 Å². The second-order valence-corrected chi connectivity index (χ2v) is 9.97. The van der Waals surface area contributed by atoms with Crippen LogP contribution in [0.25, 0.3) is 21.8 Å². The zero-order valence-electron chi connectivity index (χ0n) is 21.1. The van der Waals surface area contributed by atoms with Gasteiger partial charge in [-0.05, 0) is 79.6 Å². The van der Waals surface area contributed by atoms with Crippen LogP contribution in [0.3, 0.4) is 0 Å². The van der Waals surface area contributed by atoms with Crippen LogP contribution < -0.4 is 0 Å². The number of aryl methyl sites for hydroxylation is 3. The summed E-state index contributed by atoms with van der Waals surface area (Å²) in [7, 11) is 0. The lowest BCUT2D eigenvalue weighted by atomic mass is 9.86. The summed E-state index contributed by atoms with van der Waals surface area (Å²) in [5.74, 6) is 0.117. The highest BCUT2D eigenvalue weighted by Gasteiger charge is 2.30. The number of aromatic nitrogens is 1. The predicted molar refractivity (Wildman–Crippen MR) is 148 cm³/mol. The van der Waals surface area contributed by atoms with Gasteiger partial charge >= 0.3 is 0 Å². The lowest BCUT2D eigenvalue weighted by Crippen LogP contribution is -2.36. The van der Waals surface area contributed by atoms with Gasteiger partial charge in [0.15, 0.2) is 0 Å². The molecular weight excluding hydrogens is 440 g/mol. The highest BCUT2D eigenvalue weighted by atomic mass is 16.2. The fourth-order valence-electron chi connectivity index (χ4n) is 6.08. The number of hydrogen-bond donors (Lipinski definition) is 0. The fraction of sp³-hybridized carbons (Fsp3) is 0.242. The van der Waals surface area contributed by atoms with Crippen LogP contribution >= 0.6 is 0 Å². The van der Waals surface area contributed by atoms with Crippen LogP contribution in [0.4, 0.5) is 0 Å². The van der Waals surface area contributed by atoms with Crippen molar-refractivity contribution in [3.63, 3.8) is 0 Å². The maximum absolute atomic E-state index is 14.1. The molecule has 5 aromatic rings. The second-order valence-electron chi connectivity index (χ2n) is 9.97. The van der Waals surface area contributed by atoms with Crippen LogP contribution in [-0.4, -0.2) is 15.4 Å². The molecule has 1 aliphatic carbocycles. The normalized spacial score (nSPS) is 15.2. The second kappa shape index (κ2) is 9.31. The van der Waals surface area contributed by atoms with E-state index in [1.807, 2.05) is 31.2 Å². The Morgan fingerprint density at radius 2 is 1.64 bits per heavy atom. The van der Waals surface area contributed by atoms with E-state index in [4.69, 9.17) is 0 Å². The minimum atomic E-state index is 0.0785. The molecule has 3 nitrogen and oxygen atoms in total. The third kappa shape index (κ3) is 3.80. The first-order chi connectivity index (χ1) is 17.7. The lowest BCUT2D eigenvalue weighted by Gasteiger charge is -2.36. The minimum absolute atomic E-state index is 0.0785. The lowest BCUT2D eigenvalue weighted by molar-refractivity contribution is 0.0637. The van der Waals surface area contributed by atoms with E-state index in [-0.39, 0.29) is 11.9 Å². The molecule has 6 rings (SSSR count). The molecule has 36 heavy (non-hydrogen) atoms. The zero-order chi connectivity index (χ0) is 24.6. The smallest absolute Gasteiger partial charge is 0.254 e. The Kier molecular flexibility index (Phi) is 5.85. The van der Waals surface area contributed by atoms with E-state index in [0.717, 1.165) is 36.9 Å². The Morgan fingerprint density at radius 3 is 2.50 bits per heavy atom. The molecule has 0 aliphatic heterocycles. The number of carbonyl (C=O) groups is 1. The van der Waals surface area contributed by atoms with Gasteiger partial charge in [0.25, 0.3) is 5.91 Å². The van der Waals surface area contributed by atoms with E-state index >= 15 is 0 Å². The number of amides is 1. The van der Waals surface area contributed by atoms with Crippen LogP contribution in [0, 0.1) is 6.92 Å². The summed E-state index contributed by atoms with van der Waals surface area (Å²) in [4.78, 5) is 16.3. The highest BCUT2D eigenvalue weighted by molar-refractivity contribution is 6.08. The van der Waals surface area contributed by atoms with E-state index in [1.54, 1.807) is 0 Å². The number of rotatable bonds is 5. The molecular formula is C33H32N2O. The molecule has 0 fully saturated rings. The molecule has 1 unspecified atom stereocenters. The fourth-order valence-corrected chi connectivity index (χ4v) is 6.08. The van der Waals surface area contributed by atoms with Crippen molar-refractivity contribution in [1.29, 1.82) is 0 Å². The highest BCUT2D eigenvalue weighted by Crippen LogP contribution is 2.37. The summed E-state index contributed by atoms with van der Waals surface area (Å²) in [6.45, 7) is 5.75. The predicted octanol–water partition coefficient (Wildman–Crippen LogP) is 7.84. The molecule has 0 bridgehead atoms. The van der Waals surface area contributed by atoms with Gasteiger partial charge in [0, 0.05) is 40.5 Å². The van der Waals surface area contributed by atoms with Gasteiger partial charge in [-0.1, -0.05) is 66.7 Å². The van der Waals surface area contributed by atoms with Gasteiger partial charge in [-0.15, -0.1) is 0 Å². The van der Waals surface area contributed by atoms with Gasteiger partial charge in [-0.2, -0.15) is 0 Å². The first-order valence-corrected chi connectivity index (χ1v) is 13.1. The molecule has 180 valence electrons. The van der Waals surface area contributed by atoms with Gasteiger partial charge in [0.1, 0.15) is 0 Å². The first kappa shape index (κ1) is 22.6. The van der Waals surface area contributed by atoms with Crippen LogP contribution in [0.15, 0.2) is 91.0 Å². The third-order valence-electron chi connectivity index (χ3n) is 7.86. The number of benzene rings is 4. The Labute approximate surface area is 213 Å². The number of carbonyl (C=O) groups excluding carboxylic acids is 1. The van der Waals surface area contributed by atoms with E-state index in [2.05, 4.69) is 83.1 Å². The first-order valence-electron chi connectivity index (χ1n) is 13.1. The van der Waals surface area contributed by atoms with Crippen molar-refractivity contribution in [2.45, 2.75) is 52.2 Å². The Balaban J connectivity index is 1.46. The van der Waals surface area contributed by atoms with Crippen LogP contribution in [0.5, 0.6) is 0 Å². The molecule has 1 aromatic heterocycles. The molecule has 0 radical (unpaired) electrons. The largest absolute Gasteiger partial charge is 0.341 e. The minimum Gasteiger partial charge on any atom is -0.341 e. The molecule has 1 amide bonds. The quantitative estimate of drug-likeness (QED) is 0.256. The van der Waals surface area contributed by atoms with Crippen molar-refractivity contribution < 1.29 is 4.79 Å². The molecule has 1 heterocycles. The van der Waals surface area contributed by atoms with Crippen molar-refractivity contribution in [3.05, 3.63) is 119 Å². The Bertz CT molecular complexity index is 1580. The van der Waals surface area contributed by atoms with Crippen LogP contribution in [-0.2, 0) is 19.5 Å². The Morgan fingerprint density at radius 1 is 0.889 bits per heavy atom. The summed E-state index contributed by atoms with van der Waals surface area (Å²) < 4.78 is 2.38. The number of fused-ring (bicyclic) bond motifs is 4. The maximum Gasteiger partial charge on any atom is 0.254 e. The van der Waals surface area contributed by atoms with E-state index < -0.39 is 0 Å². The van der Waals surface area contributed by atoms with Gasteiger partial charge in [0.2, 0.25) is 0 Å². The molecule has 4 aromatic carbocycles. The van der Waals surface area contributed by atoms with Gasteiger partial charge < -0.3 is 9.47 Å². The molecule has 0 N–H and O–H groups in total. The van der Waals surface area contributed by atoms with Crippen molar-refractivity contribution >= 4 is 27.7 Å². The Hall–Kier alpha value is -3.85. The summed E-state index contributed by atoms with van der Waals surface area (Å²) >= 11 is 0. The number of para-hydroxylation sites is 1. The van der Waals surface area contributed by atoms with E-state index in [1.165, 1.54) is 38.5 Å². The standard InChI is InChI=1S/C33H32N2O/c1-3-34-31-17-9-8-16-28(31)29-21-24(19-20-32(29)34)22-35(33(36)26-14-6-4-11-23(26)2)30-18-10-13-25-12-5-7-15-27(25)30/h4-9,11-12,14-17,19-21,30H,3,10,13,18,22H2,1-2H3. The topological polar surface area (TPSA) is 25.2 Å². The summed E-state index contributed by atoms with van der Waals surface area (Å²) in [6, 6.07) is 32.1. The van der Waals surface area contributed by atoms with Crippen molar-refractivity contribution in [1.82, 2.24) is 9.47 Å². The summed E-state index contributed by atoms with van der Waals surface area (Å²) in [6.07, 6.45) is 3.18. The third-order valence-corrected chi connectivity index (χ3v) is 7.86. The molecule has 0 saturated heterocycles. The van der Waals surface area contributed by atoms with Gasteiger partial charge in [-0.3, -0.25) is 4.79 Å². The summed E-state index contributed by atoms with van der Waals surface area (Å²) in [5.41, 5.74) is 8.18. The summed E-state index contributed by atoms with van der Waals surface area (Å²) in [5, 5.41) is 2.54. The number of nitrogens with zero attached hydrogens (tertiary/aromatic N) is 2. The van der Waals surface area contributed by atoms with Crippen LogP contribution in [0.1, 0.15) is 58.4 Å². The van der Waals surface area contributed by atoms with E-state index in [9.17, 15) is 4.79 Å². The molecule has 0 saturated carbocycles. The maximum atomic E-state index is 14.1. The van der Waals surface area contributed by atoms with Crippen molar-refractivity contribution in [2.75, 3.05) is 0 Å². The van der Waals surface area contributed by atoms with Crippen molar-refractivity contribution in [3.8, 4) is 0 Å². The molecule has 3 heteroatoms. The van der Waals surface area contributed by atoms with Gasteiger partial charge in [-0.25, -0.2) is 0 Å². The van der Waals surface area contributed by atoms with E-state index in [0.29, 0.717) is 6.54 Å².